The number of nitrogens with one attached hydrogen (secondary N) is 3. The average molecular weight is 656 g/mol. The molecule has 3 N–H and O–H groups in total. The van der Waals surface area contributed by atoms with Gasteiger partial charge >= 0.3 is 0 Å². The molecule has 2 heterocycles. The molecule has 13 nitrogen and oxygen atoms in total. The van der Waals surface area contributed by atoms with Gasteiger partial charge in [0.25, 0.3) is 17.7 Å². The minimum atomic E-state index is -1.54. The van der Waals surface area contributed by atoms with Gasteiger partial charge in [-0.25, -0.2) is 0 Å². The molecule has 0 saturated carbocycles. The van der Waals surface area contributed by atoms with Crippen LogP contribution in [0.2, 0.25) is 5.02 Å². The second kappa shape index (κ2) is 16.0. The van der Waals surface area contributed by atoms with Crippen molar-refractivity contribution in [2.75, 3.05) is 45.7 Å². The van der Waals surface area contributed by atoms with Crippen LogP contribution in [0, 0.1) is 0 Å². The molecule has 14 heteroatoms. The summed E-state index contributed by atoms with van der Waals surface area (Å²) in [6.45, 7) is 8.60. The van der Waals surface area contributed by atoms with Crippen molar-refractivity contribution in [3.8, 4) is 11.5 Å². The zero-order valence-electron chi connectivity index (χ0n) is 26.9. The van der Waals surface area contributed by atoms with Gasteiger partial charge < -0.3 is 25.4 Å². The zero-order valence-corrected chi connectivity index (χ0v) is 27.6. The third kappa shape index (κ3) is 8.80. The first kappa shape index (κ1) is 34.8. The lowest BCUT2D eigenvalue weighted by atomic mass is 10.1. The Kier molecular flexibility index (Phi) is 12.1. The normalized spacial score (nSPS) is 17.3. The van der Waals surface area contributed by atoms with Gasteiger partial charge in [-0.3, -0.25) is 29.0 Å². The van der Waals surface area contributed by atoms with E-state index in [1.165, 1.54) is 51.5 Å². The molecule has 248 valence electrons. The summed E-state index contributed by atoms with van der Waals surface area (Å²) in [5, 5.41) is 17.1. The molecule has 3 amide bonds. The molecule has 0 spiro atoms. The third-order valence-corrected chi connectivity index (χ3v) is 8.45. The Balaban J connectivity index is 1.60. The van der Waals surface area contributed by atoms with Crippen LogP contribution in [0.1, 0.15) is 67.2 Å². The predicted molar refractivity (Wildman–Crippen MR) is 174 cm³/mol. The van der Waals surface area contributed by atoms with Gasteiger partial charge in [-0.2, -0.15) is 10.2 Å². The standard InChI is InChI=1S/C32H42ClN7O6/c1-19(41)29(32(44)36-26-18-27(45-4)25(33)17-28(26)46-5)38-37-24-15-22(30(42)34-20(2)39-10-6-7-11-39)14-23(16-24)31(43)35-21(3)40-12-8-9-13-40/h14-18,20-21,29H,6-13H2,1-5H3,(H,34,42)(H,35,43)(H,36,44). The SMILES string of the molecule is COc1cc(NC(=O)C(N=Nc2cc(C(=O)NC(C)N3CCCC3)cc(C(=O)NC(C)N3CCCC3)c2)C(C)=O)c(OC)cc1Cl. The number of rotatable bonds is 13. The molecule has 46 heavy (non-hydrogen) atoms. The number of likely N-dealkylation sites (tertiary alicyclic amines) is 2. The zero-order chi connectivity index (χ0) is 33.4. The smallest absolute Gasteiger partial charge is 0.258 e. The fourth-order valence-electron chi connectivity index (χ4n) is 5.52. The summed E-state index contributed by atoms with van der Waals surface area (Å²) < 4.78 is 10.5. The van der Waals surface area contributed by atoms with Gasteiger partial charge in [0.15, 0.2) is 5.78 Å². The molecule has 0 radical (unpaired) electrons. The van der Waals surface area contributed by atoms with Crippen LogP contribution in [0.5, 0.6) is 11.5 Å². The van der Waals surface area contributed by atoms with Crippen molar-refractivity contribution in [2.45, 2.75) is 64.8 Å². The number of ether oxygens (including phenoxy) is 2. The van der Waals surface area contributed by atoms with E-state index in [0.717, 1.165) is 51.9 Å². The number of carbonyl (C=O) groups excluding carboxylic acids is 4. The molecule has 0 aliphatic carbocycles. The molecule has 0 bridgehead atoms. The molecular formula is C32H42ClN7O6. The van der Waals surface area contributed by atoms with Crippen LogP contribution in [0.25, 0.3) is 0 Å². The highest BCUT2D eigenvalue weighted by Gasteiger charge is 2.26. The number of Topliss-reactive ketones (excluding diaryl/α,β-unsaturated/α-hetero) is 1. The van der Waals surface area contributed by atoms with E-state index in [0.29, 0.717) is 0 Å². The summed E-state index contributed by atoms with van der Waals surface area (Å²) in [6, 6.07) is 5.85. The summed E-state index contributed by atoms with van der Waals surface area (Å²) in [5.74, 6) is -1.58. The number of hydrogen-bond acceptors (Lipinski definition) is 10. The van der Waals surface area contributed by atoms with Crippen molar-refractivity contribution in [3.05, 3.63) is 46.5 Å². The number of halogens is 1. The summed E-state index contributed by atoms with van der Waals surface area (Å²) in [5.41, 5.74) is 0.740. The molecule has 2 aliphatic heterocycles. The molecule has 2 aromatic carbocycles. The number of ketones is 1. The Labute approximate surface area is 274 Å². The molecule has 3 atom stereocenters. The Hall–Kier alpha value is -4.07. The van der Waals surface area contributed by atoms with Crippen LogP contribution in [-0.4, -0.2) is 92.1 Å². The summed E-state index contributed by atoms with van der Waals surface area (Å²) in [7, 11) is 2.83. The van der Waals surface area contributed by atoms with Gasteiger partial charge in [0.2, 0.25) is 6.04 Å². The van der Waals surface area contributed by atoms with Gasteiger partial charge in [0.1, 0.15) is 11.5 Å². The lowest BCUT2D eigenvalue weighted by Crippen LogP contribution is -2.45. The van der Waals surface area contributed by atoms with E-state index in [-0.39, 0.29) is 63.2 Å². The molecule has 2 aromatic rings. The maximum atomic E-state index is 13.4. The average Bonchev–Trinajstić information content (AvgIpc) is 3.77. The summed E-state index contributed by atoms with van der Waals surface area (Å²) in [4.78, 5) is 56.8. The Bertz CT molecular complexity index is 1420. The lowest BCUT2D eigenvalue weighted by molar-refractivity contribution is -0.126. The topological polar surface area (TPSA) is 154 Å². The lowest BCUT2D eigenvalue weighted by Gasteiger charge is -2.25. The molecule has 0 aromatic heterocycles. The Morgan fingerprint density at radius 2 is 1.28 bits per heavy atom. The van der Waals surface area contributed by atoms with Gasteiger partial charge in [-0.05, 0) is 64.7 Å². The highest BCUT2D eigenvalue weighted by Crippen LogP contribution is 2.36. The maximum Gasteiger partial charge on any atom is 0.258 e. The minimum Gasteiger partial charge on any atom is -0.495 e. The van der Waals surface area contributed by atoms with Crippen molar-refractivity contribution in [1.29, 1.82) is 0 Å². The first-order valence-electron chi connectivity index (χ1n) is 15.4. The predicted octanol–water partition coefficient (Wildman–Crippen LogP) is 4.38. The molecule has 2 saturated heterocycles. The molecular weight excluding hydrogens is 614 g/mol. The summed E-state index contributed by atoms with van der Waals surface area (Å²) >= 11 is 6.17. The number of hydrogen-bond donors (Lipinski definition) is 3. The third-order valence-electron chi connectivity index (χ3n) is 8.15. The quantitative estimate of drug-likeness (QED) is 0.212. The fraction of sp³-hybridized carbons (Fsp3) is 0.500. The number of carbonyl (C=O) groups is 4. The van der Waals surface area contributed by atoms with E-state index in [1.807, 2.05) is 13.8 Å². The Morgan fingerprint density at radius 1 is 0.783 bits per heavy atom. The van der Waals surface area contributed by atoms with Crippen molar-refractivity contribution < 1.29 is 28.7 Å². The second-order valence-electron chi connectivity index (χ2n) is 11.5. The van der Waals surface area contributed by atoms with E-state index >= 15 is 0 Å². The van der Waals surface area contributed by atoms with Crippen molar-refractivity contribution in [3.63, 3.8) is 0 Å². The number of nitrogens with zero attached hydrogens (tertiary/aromatic N) is 4. The highest BCUT2D eigenvalue weighted by atomic mass is 35.5. The van der Waals surface area contributed by atoms with E-state index in [4.69, 9.17) is 21.1 Å². The van der Waals surface area contributed by atoms with Crippen LogP contribution in [0.3, 0.4) is 0 Å². The van der Waals surface area contributed by atoms with Crippen LogP contribution in [0.15, 0.2) is 40.6 Å². The number of methoxy groups -OCH3 is 2. The van der Waals surface area contributed by atoms with E-state index in [1.54, 1.807) is 0 Å². The van der Waals surface area contributed by atoms with Gasteiger partial charge in [-0.15, -0.1) is 0 Å². The first-order valence-corrected chi connectivity index (χ1v) is 15.8. The van der Waals surface area contributed by atoms with Crippen molar-refractivity contribution in [2.24, 2.45) is 10.2 Å². The van der Waals surface area contributed by atoms with Gasteiger partial charge in [-0.1, -0.05) is 11.6 Å². The summed E-state index contributed by atoms with van der Waals surface area (Å²) in [6.07, 6.45) is 3.86. The Morgan fingerprint density at radius 3 is 1.74 bits per heavy atom. The minimum absolute atomic E-state index is 0.130. The molecule has 2 aliphatic rings. The maximum absolute atomic E-state index is 13.4. The van der Waals surface area contributed by atoms with Gasteiger partial charge in [0.05, 0.1) is 42.9 Å². The monoisotopic (exact) mass is 655 g/mol. The van der Waals surface area contributed by atoms with Crippen LogP contribution in [0.4, 0.5) is 11.4 Å². The second-order valence-corrected chi connectivity index (χ2v) is 11.9. The number of anilines is 1. The highest BCUT2D eigenvalue weighted by molar-refractivity contribution is 6.32. The van der Waals surface area contributed by atoms with E-state index in [9.17, 15) is 19.2 Å². The van der Waals surface area contributed by atoms with E-state index in [2.05, 4.69) is 36.0 Å². The molecule has 2 fully saturated rings. The largest absolute Gasteiger partial charge is 0.495 e. The molecule has 3 unspecified atom stereocenters. The number of benzene rings is 2. The fourth-order valence-corrected chi connectivity index (χ4v) is 5.75. The van der Waals surface area contributed by atoms with Crippen molar-refractivity contribution >= 4 is 46.5 Å². The van der Waals surface area contributed by atoms with E-state index < -0.39 is 17.7 Å². The van der Waals surface area contributed by atoms with Crippen LogP contribution >= 0.6 is 11.6 Å². The number of amides is 3. The van der Waals surface area contributed by atoms with Crippen molar-refractivity contribution in [1.82, 2.24) is 20.4 Å². The molecule has 4 rings (SSSR count). The van der Waals surface area contributed by atoms with Gasteiger partial charge in [0, 0.05) is 49.4 Å². The van der Waals surface area contributed by atoms with Crippen LogP contribution < -0.4 is 25.4 Å². The first-order chi connectivity index (χ1) is 22.0. The number of azo groups is 1. The van der Waals surface area contributed by atoms with Crippen LogP contribution in [-0.2, 0) is 9.59 Å².